The molecule has 1 aliphatic rings. The van der Waals surface area contributed by atoms with E-state index in [1.807, 2.05) is 30.3 Å². The van der Waals surface area contributed by atoms with Gasteiger partial charge in [-0.3, -0.25) is 0 Å². The van der Waals surface area contributed by atoms with Crippen molar-refractivity contribution < 1.29 is 22.7 Å². The maximum absolute atomic E-state index is 12.8. The first-order chi connectivity index (χ1) is 13.9. The van der Waals surface area contributed by atoms with Gasteiger partial charge in [0.2, 0.25) is 0 Å². The van der Waals surface area contributed by atoms with Crippen molar-refractivity contribution in [3.63, 3.8) is 0 Å². The van der Waals surface area contributed by atoms with Gasteiger partial charge in [-0.15, -0.1) is 0 Å². The number of halogens is 3. The Hall–Kier alpha value is -3.29. The van der Waals surface area contributed by atoms with Crippen LogP contribution in [0, 0.1) is 0 Å². The number of hydrogen-bond donors (Lipinski definition) is 0. The Bertz CT molecular complexity index is 998. The second kappa shape index (κ2) is 7.62. The first-order valence-corrected chi connectivity index (χ1v) is 9.11. The molecule has 2 aromatic carbocycles. The first-order valence-electron chi connectivity index (χ1n) is 9.11. The van der Waals surface area contributed by atoms with Crippen LogP contribution in [-0.4, -0.2) is 27.3 Å². The predicted octanol–water partition coefficient (Wildman–Crippen LogP) is 4.59. The standard InChI is InChI=1S/C21H18F3N3O2/c22-21(23,24)17-6-8-18(9-7-17)27-19-10-11-26(13-16(19)12-25-27)20(28)29-14-15-4-2-1-3-5-15/h1-9,12H,10-11,13-14H2. The molecule has 0 saturated carbocycles. The van der Waals surface area contributed by atoms with Gasteiger partial charge in [0.25, 0.3) is 0 Å². The van der Waals surface area contributed by atoms with Crippen molar-refractivity contribution >= 4 is 6.09 Å². The molecule has 3 aromatic rings. The number of ether oxygens (including phenoxy) is 1. The van der Waals surface area contributed by atoms with Gasteiger partial charge in [-0.25, -0.2) is 9.48 Å². The van der Waals surface area contributed by atoms with Crippen LogP contribution in [0.4, 0.5) is 18.0 Å². The minimum Gasteiger partial charge on any atom is -0.445 e. The third-order valence-corrected chi connectivity index (χ3v) is 4.84. The number of alkyl halides is 3. The summed E-state index contributed by atoms with van der Waals surface area (Å²) in [5, 5.41) is 4.30. The van der Waals surface area contributed by atoms with E-state index in [2.05, 4.69) is 5.10 Å². The fourth-order valence-electron chi connectivity index (χ4n) is 3.31. The number of carbonyl (C=O) groups is 1. The second-order valence-corrected chi connectivity index (χ2v) is 6.78. The topological polar surface area (TPSA) is 47.4 Å². The lowest BCUT2D eigenvalue weighted by molar-refractivity contribution is -0.137. The summed E-state index contributed by atoms with van der Waals surface area (Å²) in [6, 6.07) is 14.3. The van der Waals surface area contributed by atoms with Gasteiger partial charge in [0.05, 0.1) is 29.7 Å². The summed E-state index contributed by atoms with van der Waals surface area (Å²) in [5.74, 6) is 0. The molecule has 1 aliphatic heterocycles. The molecule has 0 spiro atoms. The van der Waals surface area contributed by atoms with Crippen LogP contribution < -0.4 is 0 Å². The molecule has 0 radical (unpaired) electrons. The highest BCUT2D eigenvalue weighted by Crippen LogP contribution is 2.30. The molecule has 150 valence electrons. The van der Waals surface area contributed by atoms with Crippen molar-refractivity contribution in [3.05, 3.63) is 83.2 Å². The Kier molecular flexibility index (Phi) is 5.00. The lowest BCUT2D eigenvalue weighted by Gasteiger charge is -2.26. The summed E-state index contributed by atoms with van der Waals surface area (Å²) in [6.45, 7) is 1.00. The number of rotatable bonds is 3. The summed E-state index contributed by atoms with van der Waals surface area (Å²) in [6.07, 6.45) is -2.59. The van der Waals surface area contributed by atoms with E-state index in [1.54, 1.807) is 15.8 Å². The highest BCUT2D eigenvalue weighted by molar-refractivity contribution is 5.68. The quantitative estimate of drug-likeness (QED) is 0.645. The van der Waals surface area contributed by atoms with E-state index in [0.717, 1.165) is 29.0 Å². The summed E-state index contributed by atoms with van der Waals surface area (Å²) in [5.41, 5.74) is 2.51. The van der Waals surface area contributed by atoms with E-state index in [4.69, 9.17) is 4.74 Å². The van der Waals surface area contributed by atoms with E-state index >= 15 is 0 Å². The van der Waals surface area contributed by atoms with Gasteiger partial charge in [-0.05, 0) is 29.8 Å². The number of fused-ring (bicyclic) bond motifs is 1. The number of aromatic nitrogens is 2. The van der Waals surface area contributed by atoms with Crippen LogP contribution in [-0.2, 0) is 30.5 Å². The fourth-order valence-corrected chi connectivity index (χ4v) is 3.31. The maximum Gasteiger partial charge on any atom is 0.416 e. The zero-order valence-corrected chi connectivity index (χ0v) is 15.4. The summed E-state index contributed by atoms with van der Waals surface area (Å²) in [7, 11) is 0. The summed E-state index contributed by atoms with van der Waals surface area (Å²) < 4.78 is 45.3. The van der Waals surface area contributed by atoms with Crippen LogP contribution in [0.1, 0.15) is 22.4 Å². The molecule has 8 heteroatoms. The fraction of sp³-hybridized carbons (Fsp3) is 0.238. The molecule has 0 saturated heterocycles. The van der Waals surface area contributed by atoms with Crippen molar-refractivity contribution in [3.8, 4) is 5.69 Å². The number of benzene rings is 2. The van der Waals surface area contributed by atoms with E-state index in [0.29, 0.717) is 25.2 Å². The molecule has 4 rings (SSSR count). The van der Waals surface area contributed by atoms with E-state index in [1.165, 1.54) is 12.1 Å². The first kappa shape index (κ1) is 19.0. The molecule has 1 amide bonds. The molecular weight excluding hydrogens is 383 g/mol. The van der Waals surface area contributed by atoms with Crippen LogP contribution in [0.25, 0.3) is 5.69 Å². The van der Waals surface area contributed by atoms with Crippen LogP contribution in [0.15, 0.2) is 60.8 Å². The molecule has 0 N–H and O–H groups in total. The molecule has 0 bridgehead atoms. The molecule has 5 nitrogen and oxygen atoms in total. The zero-order valence-electron chi connectivity index (χ0n) is 15.4. The van der Waals surface area contributed by atoms with E-state index in [-0.39, 0.29) is 6.61 Å². The lowest BCUT2D eigenvalue weighted by atomic mass is 10.1. The number of carbonyl (C=O) groups excluding carboxylic acids is 1. The van der Waals surface area contributed by atoms with Gasteiger partial charge in [0.1, 0.15) is 6.61 Å². The van der Waals surface area contributed by atoms with Crippen LogP contribution in [0.2, 0.25) is 0 Å². The summed E-state index contributed by atoms with van der Waals surface area (Å²) >= 11 is 0. The Morgan fingerprint density at radius 3 is 2.48 bits per heavy atom. The average molecular weight is 401 g/mol. The van der Waals surface area contributed by atoms with Crippen molar-refractivity contribution in [1.29, 1.82) is 0 Å². The molecule has 2 heterocycles. The zero-order chi connectivity index (χ0) is 20.4. The van der Waals surface area contributed by atoms with Gasteiger partial charge < -0.3 is 9.64 Å². The lowest BCUT2D eigenvalue weighted by Crippen LogP contribution is -2.36. The highest BCUT2D eigenvalue weighted by Gasteiger charge is 2.30. The maximum atomic E-state index is 12.8. The van der Waals surface area contributed by atoms with Gasteiger partial charge in [-0.2, -0.15) is 18.3 Å². The summed E-state index contributed by atoms with van der Waals surface area (Å²) in [4.78, 5) is 14.0. The van der Waals surface area contributed by atoms with Gasteiger partial charge in [0.15, 0.2) is 0 Å². The normalized spacial score (nSPS) is 13.8. The molecule has 0 atom stereocenters. The van der Waals surface area contributed by atoms with Crippen molar-refractivity contribution in [1.82, 2.24) is 14.7 Å². The van der Waals surface area contributed by atoms with Crippen LogP contribution in [0.3, 0.4) is 0 Å². The minimum absolute atomic E-state index is 0.202. The number of hydrogen-bond acceptors (Lipinski definition) is 3. The Morgan fingerprint density at radius 1 is 1.07 bits per heavy atom. The van der Waals surface area contributed by atoms with Crippen molar-refractivity contribution in [2.75, 3.05) is 6.54 Å². The number of nitrogens with zero attached hydrogens (tertiary/aromatic N) is 3. The van der Waals surface area contributed by atoms with E-state index in [9.17, 15) is 18.0 Å². The Labute approximate surface area is 165 Å². The third-order valence-electron chi connectivity index (χ3n) is 4.84. The largest absolute Gasteiger partial charge is 0.445 e. The van der Waals surface area contributed by atoms with Crippen LogP contribution in [0.5, 0.6) is 0 Å². The minimum atomic E-state index is -4.37. The third kappa shape index (κ3) is 4.11. The molecule has 1 aromatic heterocycles. The van der Waals surface area contributed by atoms with Gasteiger partial charge in [-0.1, -0.05) is 30.3 Å². The SMILES string of the molecule is O=C(OCc1ccccc1)N1CCc2c(cnn2-c2ccc(C(F)(F)F)cc2)C1. The van der Waals surface area contributed by atoms with Crippen molar-refractivity contribution in [2.24, 2.45) is 0 Å². The van der Waals surface area contributed by atoms with E-state index < -0.39 is 17.8 Å². The number of amides is 1. The highest BCUT2D eigenvalue weighted by atomic mass is 19.4. The Balaban J connectivity index is 1.44. The Morgan fingerprint density at radius 2 is 1.79 bits per heavy atom. The molecular formula is C21H18F3N3O2. The smallest absolute Gasteiger partial charge is 0.416 e. The second-order valence-electron chi connectivity index (χ2n) is 6.78. The molecule has 0 aliphatic carbocycles. The van der Waals surface area contributed by atoms with Gasteiger partial charge >= 0.3 is 12.3 Å². The van der Waals surface area contributed by atoms with Crippen LogP contribution >= 0.6 is 0 Å². The molecule has 0 fully saturated rings. The van der Waals surface area contributed by atoms with Gasteiger partial charge in [0, 0.05) is 18.5 Å². The van der Waals surface area contributed by atoms with Crippen molar-refractivity contribution in [2.45, 2.75) is 25.7 Å². The monoisotopic (exact) mass is 401 g/mol. The molecule has 29 heavy (non-hydrogen) atoms. The average Bonchev–Trinajstić information content (AvgIpc) is 3.15. The predicted molar refractivity (Wildman–Crippen MR) is 99.3 cm³/mol. The molecule has 0 unspecified atom stereocenters.